The van der Waals surface area contributed by atoms with E-state index in [1.165, 1.54) is 5.57 Å². The van der Waals surface area contributed by atoms with Crippen molar-refractivity contribution < 1.29 is 9.47 Å². The van der Waals surface area contributed by atoms with Crippen molar-refractivity contribution in [1.29, 1.82) is 0 Å². The smallest absolute Gasteiger partial charge is 0.158 e. The Hall–Kier alpha value is -0.340. The van der Waals surface area contributed by atoms with Gasteiger partial charge in [0.15, 0.2) is 6.29 Å². The largest absolute Gasteiger partial charge is 0.356 e. The molecule has 0 radical (unpaired) electrons. The highest BCUT2D eigenvalue weighted by Gasteiger charge is 2.35. The van der Waals surface area contributed by atoms with Gasteiger partial charge in [-0.25, -0.2) is 0 Å². The third kappa shape index (κ3) is 3.43. The van der Waals surface area contributed by atoms with Gasteiger partial charge in [0.25, 0.3) is 0 Å². The molecule has 1 rings (SSSR count). The molecule has 1 heterocycles. The minimum absolute atomic E-state index is 0.0201. The summed E-state index contributed by atoms with van der Waals surface area (Å²) in [6.45, 7) is 6.45. The van der Waals surface area contributed by atoms with E-state index in [4.69, 9.17) is 9.47 Å². The Bertz CT molecular complexity index is 206. The lowest BCUT2D eigenvalue weighted by Gasteiger charge is -2.23. The van der Waals surface area contributed by atoms with Crippen LogP contribution in [0.3, 0.4) is 0 Å². The quantitative estimate of drug-likeness (QED) is 0.645. The predicted molar refractivity (Wildman–Crippen MR) is 58.2 cm³/mol. The zero-order chi connectivity index (χ0) is 10.6. The Labute approximate surface area is 87.3 Å². The molecular formula is C12H22O2. The monoisotopic (exact) mass is 198 g/mol. The summed E-state index contributed by atoms with van der Waals surface area (Å²) in [5.74, 6) is 0. The molecule has 0 aliphatic carbocycles. The standard InChI is InChI=1S/C12H22O2/c1-10(2)6-5-8-12(3)9-7-11(13-4)14-12/h6,11H,5,7-9H2,1-4H3/t11?,12-/m1/s1. The highest BCUT2D eigenvalue weighted by Crippen LogP contribution is 2.34. The van der Waals surface area contributed by atoms with Gasteiger partial charge in [0.2, 0.25) is 0 Å². The van der Waals surface area contributed by atoms with Gasteiger partial charge in [0.05, 0.1) is 5.60 Å². The van der Waals surface area contributed by atoms with Crippen LogP contribution in [0.15, 0.2) is 11.6 Å². The van der Waals surface area contributed by atoms with E-state index < -0.39 is 0 Å². The van der Waals surface area contributed by atoms with E-state index in [1.54, 1.807) is 7.11 Å². The molecule has 2 heteroatoms. The van der Waals surface area contributed by atoms with Crippen molar-refractivity contribution in [2.75, 3.05) is 7.11 Å². The van der Waals surface area contributed by atoms with Crippen LogP contribution in [0, 0.1) is 0 Å². The fourth-order valence-electron chi connectivity index (χ4n) is 1.87. The van der Waals surface area contributed by atoms with Crippen LogP contribution < -0.4 is 0 Å². The van der Waals surface area contributed by atoms with E-state index in [0.717, 1.165) is 25.7 Å². The zero-order valence-electron chi connectivity index (χ0n) is 9.80. The van der Waals surface area contributed by atoms with Crippen LogP contribution in [0.2, 0.25) is 0 Å². The van der Waals surface area contributed by atoms with Crippen molar-refractivity contribution >= 4 is 0 Å². The number of hydrogen-bond donors (Lipinski definition) is 0. The number of methoxy groups -OCH3 is 1. The molecule has 1 aliphatic rings. The van der Waals surface area contributed by atoms with Crippen LogP contribution in [-0.4, -0.2) is 19.0 Å². The number of rotatable bonds is 4. The van der Waals surface area contributed by atoms with Crippen LogP contribution in [0.4, 0.5) is 0 Å². The molecule has 2 nitrogen and oxygen atoms in total. The van der Waals surface area contributed by atoms with Crippen LogP contribution in [0.1, 0.15) is 46.5 Å². The van der Waals surface area contributed by atoms with Crippen LogP contribution in [0.5, 0.6) is 0 Å². The molecule has 1 fully saturated rings. The average Bonchev–Trinajstić information content (AvgIpc) is 2.47. The molecule has 1 saturated heterocycles. The van der Waals surface area contributed by atoms with Gasteiger partial charge in [-0.15, -0.1) is 0 Å². The second kappa shape index (κ2) is 4.94. The van der Waals surface area contributed by atoms with Gasteiger partial charge >= 0.3 is 0 Å². The lowest BCUT2D eigenvalue weighted by Crippen LogP contribution is -2.25. The first-order valence-electron chi connectivity index (χ1n) is 5.40. The lowest BCUT2D eigenvalue weighted by molar-refractivity contribution is -0.150. The van der Waals surface area contributed by atoms with Crippen LogP contribution in [0.25, 0.3) is 0 Å². The van der Waals surface area contributed by atoms with Gasteiger partial charge in [-0.1, -0.05) is 11.6 Å². The molecule has 0 aromatic carbocycles. The Balaban J connectivity index is 2.33. The first kappa shape index (κ1) is 11.7. The molecule has 0 amide bonds. The summed E-state index contributed by atoms with van der Waals surface area (Å²) in [5.41, 5.74) is 1.42. The maximum Gasteiger partial charge on any atom is 0.158 e. The molecule has 0 aromatic heterocycles. The summed E-state index contributed by atoms with van der Waals surface area (Å²) in [6.07, 6.45) is 6.64. The SMILES string of the molecule is COC1CC[C@@](C)(CCC=C(C)C)O1. The molecular weight excluding hydrogens is 176 g/mol. The van der Waals surface area contributed by atoms with Gasteiger partial charge in [-0.05, 0) is 40.0 Å². The molecule has 14 heavy (non-hydrogen) atoms. The molecule has 82 valence electrons. The van der Waals surface area contributed by atoms with Crippen molar-refractivity contribution in [1.82, 2.24) is 0 Å². The fourth-order valence-corrected chi connectivity index (χ4v) is 1.87. The molecule has 0 saturated carbocycles. The van der Waals surface area contributed by atoms with Crippen LogP contribution >= 0.6 is 0 Å². The summed E-state index contributed by atoms with van der Waals surface area (Å²) in [5, 5.41) is 0. The van der Waals surface area contributed by atoms with E-state index in [9.17, 15) is 0 Å². The molecule has 0 bridgehead atoms. The first-order valence-corrected chi connectivity index (χ1v) is 5.40. The van der Waals surface area contributed by atoms with Crippen LogP contribution in [-0.2, 0) is 9.47 Å². The topological polar surface area (TPSA) is 18.5 Å². The van der Waals surface area contributed by atoms with E-state index in [1.807, 2.05) is 0 Å². The van der Waals surface area contributed by atoms with E-state index in [2.05, 4.69) is 26.8 Å². The van der Waals surface area contributed by atoms with Gasteiger partial charge in [-0.2, -0.15) is 0 Å². The summed E-state index contributed by atoms with van der Waals surface area (Å²) in [7, 11) is 1.71. The van der Waals surface area contributed by atoms with Crippen molar-refractivity contribution in [2.24, 2.45) is 0 Å². The molecule has 1 unspecified atom stereocenters. The highest BCUT2D eigenvalue weighted by atomic mass is 16.7. The molecule has 0 aromatic rings. The van der Waals surface area contributed by atoms with Gasteiger partial charge in [0.1, 0.15) is 0 Å². The molecule has 0 N–H and O–H groups in total. The van der Waals surface area contributed by atoms with Gasteiger partial charge < -0.3 is 9.47 Å². The Morgan fingerprint density at radius 3 is 2.79 bits per heavy atom. The Morgan fingerprint density at radius 2 is 2.29 bits per heavy atom. The minimum Gasteiger partial charge on any atom is -0.356 e. The molecule has 1 aliphatic heterocycles. The fraction of sp³-hybridized carbons (Fsp3) is 0.833. The maximum absolute atomic E-state index is 5.83. The Kier molecular flexibility index (Phi) is 4.14. The van der Waals surface area contributed by atoms with E-state index in [0.29, 0.717) is 0 Å². The normalized spacial score (nSPS) is 31.9. The second-order valence-electron chi connectivity index (χ2n) is 4.59. The number of ether oxygens (including phenoxy) is 2. The van der Waals surface area contributed by atoms with E-state index in [-0.39, 0.29) is 11.9 Å². The Morgan fingerprint density at radius 1 is 1.57 bits per heavy atom. The number of hydrogen-bond acceptors (Lipinski definition) is 2. The minimum atomic E-state index is 0.0201. The lowest BCUT2D eigenvalue weighted by atomic mass is 9.96. The van der Waals surface area contributed by atoms with Gasteiger partial charge in [-0.3, -0.25) is 0 Å². The van der Waals surface area contributed by atoms with Gasteiger partial charge in [0, 0.05) is 13.5 Å². The van der Waals surface area contributed by atoms with Crippen molar-refractivity contribution in [2.45, 2.75) is 58.3 Å². The zero-order valence-corrected chi connectivity index (χ0v) is 9.80. The van der Waals surface area contributed by atoms with Crippen molar-refractivity contribution in [3.63, 3.8) is 0 Å². The third-order valence-electron chi connectivity index (χ3n) is 2.81. The summed E-state index contributed by atoms with van der Waals surface area (Å²) < 4.78 is 11.0. The molecule has 2 atom stereocenters. The summed E-state index contributed by atoms with van der Waals surface area (Å²) >= 11 is 0. The maximum atomic E-state index is 5.83. The summed E-state index contributed by atoms with van der Waals surface area (Å²) in [6, 6.07) is 0. The highest BCUT2D eigenvalue weighted by molar-refractivity contribution is 4.95. The molecule has 0 spiro atoms. The first-order chi connectivity index (χ1) is 6.56. The second-order valence-corrected chi connectivity index (χ2v) is 4.59. The third-order valence-corrected chi connectivity index (χ3v) is 2.81. The number of allylic oxidation sites excluding steroid dienone is 2. The predicted octanol–water partition coefficient (Wildman–Crippen LogP) is 3.27. The summed E-state index contributed by atoms with van der Waals surface area (Å²) in [4.78, 5) is 0. The van der Waals surface area contributed by atoms with Crippen molar-refractivity contribution in [3.8, 4) is 0 Å². The van der Waals surface area contributed by atoms with E-state index >= 15 is 0 Å². The average molecular weight is 198 g/mol. The van der Waals surface area contributed by atoms with Crippen molar-refractivity contribution in [3.05, 3.63) is 11.6 Å².